The summed E-state index contributed by atoms with van der Waals surface area (Å²) in [7, 11) is -2.42. The third kappa shape index (κ3) is 7.97. The molecule has 0 aliphatic carbocycles. The second-order valence-corrected chi connectivity index (χ2v) is 8.80. The van der Waals surface area contributed by atoms with E-state index in [0.717, 1.165) is 37.2 Å². The zero-order chi connectivity index (χ0) is 15.4. The second kappa shape index (κ2) is 11.9. The predicted octanol–water partition coefficient (Wildman–Crippen LogP) is 2.02. The molecule has 1 aliphatic heterocycles. The highest BCUT2D eigenvalue weighted by molar-refractivity contribution is 7.99. The Kier molecular flexibility index (Phi) is 11.0. The van der Waals surface area contributed by atoms with Crippen LogP contribution < -0.4 is 5.32 Å². The minimum Gasteiger partial charge on any atom is -0.374 e. The summed E-state index contributed by atoms with van der Waals surface area (Å²) in [6, 6.07) is 0.928. The molecule has 7 heteroatoms. The van der Waals surface area contributed by atoms with Crippen LogP contribution in [0.5, 0.6) is 0 Å². The maximum Gasteiger partial charge on any atom is 0.500 e. The summed E-state index contributed by atoms with van der Waals surface area (Å²) in [5.74, 6) is 2.28. The average molecular weight is 337 g/mol. The van der Waals surface area contributed by atoms with Crippen LogP contribution in [0.15, 0.2) is 0 Å². The fourth-order valence-corrected chi connectivity index (χ4v) is 6.29. The van der Waals surface area contributed by atoms with E-state index < -0.39 is 8.80 Å². The van der Waals surface area contributed by atoms with Crippen molar-refractivity contribution in [3.05, 3.63) is 0 Å². The number of piperazine rings is 1. The number of nitrogens with zero attached hydrogens (tertiary/aromatic N) is 1. The molecule has 0 saturated carbocycles. The van der Waals surface area contributed by atoms with Gasteiger partial charge in [-0.05, 0) is 32.9 Å². The first-order chi connectivity index (χ1) is 10.3. The summed E-state index contributed by atoms with van der Waals surface area (Å²) >= 11 is 2.01. The lowest BCUT2D eigenvalue weighted by Crippen LogP contribution is -2.46. The highest BCUT2D eigenvalue weighted by atomic mass is 32.2. The van der Waals surface area contributed by atoms with Gasteiger partial charge in [-0.15, -0.1) is 11.8 Å². The van der Waals surface area contributed by atoms with Gasteiger partial charge in [0, 0.05) is 57.9 Å². The molecule has 21 heavy (non-hydrogen) atoms. The van der Waals surface area contributed by atoms with Crippen molar-refractivity contribution in [1.82, 2.24) is 10.2 Å². The van der Waals surface area contributed by atoms with Crippen molar-refractivity contribution in [2.45, 2.75) is 33.2 Å². The molecular weight excluding hydrogens is 304 g/mol. The highest BCUT2D eigenvalue weighted by Gasteiger charge is 2.39. The van der Waals surface area contributed by atoms with E-state index in [-0.39, 0.29) is 0 Å². The summed E-state index contributed by atoms with van der Waals surface area (Å²) in [6.45, 7) is 12.6. The Morgan fingerprint density at radius 2 is 1.57 bits per heavy atom. The molecule has 0 amide bonds. The minimum atomic E-state index is -2.42. The Bertz CT molecular complexity index is 239. The maximum absolute atomic E-state index is 5.87. The molecule has 0 atom stereocenters. The lowest BCUT2D eigenvalue weighted by molar-refractivity contribution is 0.0712. The largest absolute Gasteiger partial charge is 0.500 e. The highest BCUT2D eigenvalue weighted by Crippen LogP contribution is 2.20. The molecule has 0 aromatic rings. The van der Waals surface area contributed by atoms with E-state index in [9.17, 15) is 0 Å². The van der Waals surface area contributed by atoms with Gasteiger partial charge in [-0.2, -0.15) is 0 Å². The van der Waals surface area contributed by atoms with Crippen molar-refractivity contribution in [2.24, 2.45) is 0 Å². The van der Waals surface area contributed by atoms with E-state index in [0.29, 0.717) is 19.8 Å². The number of thioether (sulfide) groups is 1. The average Bonchev–Trinajstić information content (AvgIpc) is 2.49. The number of nitrogens with one attached hydrogen (secondary N) is 1. The first-order valence-corrected chi connectivity index (χ1v) is 11.3. The van der Waals surface area contributed by atoms with Crippen LogP contribution in [0.1, 0.15) is 27.2 Å². The van der Waals surface area contributed by atoms with E-state index in [1.165, 1.54) is 13.1 Å². The summed E-state index contributed by atoms with van der Waals surface area (Å²) in [5.41, 5.74) is 0. The Morgan fingerprint density at radius 3 is 2.10 bits per heavy atom. The molecule has 1 rings (SSSR count). The van der Waals surface area contributed by atoms with Gasteiger partial charge >= 0.3 is 8.80 Å². The van der Waals surface area contributed by atoms with Crippen LogP contribution in [-0.2, 0) is 13.3 Å². The molecular formula is C14H32N2O3SSi. The second-order valence-electron chi connectivity index (χ2n) is 4.99. The fourth-order valence-electron chi connectivity index (χ4n) is 2.43. The molecule has 0 unspecified atom stereocenters. The quantitative estimate of drug-likeness (QED) is 0.434. The van der Waals surface area contributed by atoms with Crippen LogP contribution in [0.25, 0.3) is 0 Å². The van der Waals surface area contributed by atoms with Crippen molar-refractivity contribution < 1.29 is 13.3 Å². The Hall–Kier alpha value is 0.367. The molecule has 5 nitrogen and oxygen atoms in total. The van der Waals surface area contributed by atoms with Gasteiger partial charge in [0.25, 0.3) is 0 Å². The lowest BCUT2D eigenvalue weighted by Gasteiger charge is -2.29. The molecule has 0 radical (unpaired) electrons. The Balaban J connectivity index is 2.21. The Labute approximate surface area is 135 Å². The zero-order valence-corrected chi connectivity index (χ0v) is 15.7. The Morgan fingerprint density at radius 1 is 1.00 bits per heavy atom. The first kappa shape index (κ1) is 19.4. The van der Waals surface area contributed by atoms with E-state index in [1.807, 2.05) is 32.5 Å². The minimum absolute atomic E-state index is 0.667. The van der Waals surface area contributed by atoms with Crippen molar-refractivity contribution in [3.8, 4) is 0 Å². The fraction of sp³-hybridized carbons (Fsp3) is 1.00. The van der Waals surface area contributed by atoms with E-state index in [4.69, 9.17) is 13.3 Å². The predicted molar refractivity (Wildman–Crippen MR) is 91.8 cm³/mol. The van der Waals surface area contributed by atoms with Gasteiger partial charge in [0.05, 0.1) is 0 Å². The summed E-state index contributed by atoms with van der Waals surface area (Å²) in [6.07, 6.45) is 1.10. The van der Waals surface area contributed by atoms with Crippen molar-refractivity contribution in [1.29, 1.82) is 0 Å². The molecule has 126 valence electrons. The van der Waals surface area contributed by atoms with Gasteiger partial charge in [-0.1, -0.05) is 0 Å². The van der Waals surface area contributed by atoms with Crippen LogP contribution in [0.2, 0.25) is 6.04 Å². The van der Waals surface area contributed by atoms with Crippen molar-refractivity contribution >= 4 is 20.6 Å². The molecule has 1 fully saturated rings. The van der Waals surface area contributed by atoms with Gasteiger partial charge < -0.3 is 18.6 Å². The smallest absolute Gasteiger partial charge is 0.374 e. The maximum atomic E-state index is 5.87. The summed E-state index contributed by atoms with van der Waals surface area (Å²) in [5, 5.41) is 3.38. The van der Waals surface area contributed by atoms with Crippen molar-refractivity contribution in [2.75, 3.05) is 57.6 Å². The summed E-state index contributed by atoms with van der Waals surface area (Å²) < 4.78 is 17.6. The SMILES string of the molecule is CCO[Si](CCCSCN1CCNCC1)(OCC)OCC. The van der Waals surface area contributed by atoms with Gasteiger partial charge in [-0.3, -0.25) is 4.90 Å². The van der Waals surface area contributed by atoms with Gasteiger partial charge in [0.2, 0.25) is 0 Å². The van der Waals surface area contributed by atoms with E-state index in [1.54, 1.807) is 0 Å². The molecule has 1 aliphatic rings. The van der Waals surface area contributed by atoms with Gasteiger partial charge in [0.1, 0.15) is 0 Å². The number of hydrogen-bond donors (Lipinski definition) is 1. The normalized spacial score (nSPS) is 17.3. The molecule has 1 heterocycles. The number of rotatable bonds is 12. The van der Waals surface area contributed by atoms with Gasteiger partial charge in [0.15, 0.2) is 0 Å². The third-order valence-corrected chi connectivity index (χ3v) is 7.62. The topological polar surface area (TPSA) is 43.0 Å². The van der Waals surface area contributed by atoms with Gasteiger partial charge in [-0.25, -0.2) is 0 Å². The van der Waals surface area contributed by atoms with Crippen LogP contribution in [0.3, 0.4) is 0 Å². The molecule has 0 spiro atoms. The molecule has 1 N–H and O–H groups in total. The molecule has 0 bridgehead atoms. The van der Waals surface area contributed by atoms with Crippen LogP contribution in [0, 0.1) is 0 Å². The number of hydrogen-bond acceptors (Lipinski definition) is 6. The lowest BCUT2D eigenvalue weighted by atomic mass is 10.4. The zero-order valence-electron chi connectivity index (χ0n) is 13.9. The molecule has 0 aromatic heterocycles. The molecule has 0 aromatic carbocycles. The van der Waals surface area contributed by atoms with Crippen molar-refractivity contribution in [3.63, 3.8) is 0 Å². The third-order valence-electron chi connectivity index (χ3n) is 3.35. The monoisotopic (exact) mass is 336 g/mol. The van der Waals surface area contributed by atoms with Crippen LogP contribution in [-0.4, -0.2) is 71.3 Å². The standard InChI is InChI=1S/C14H32N2O3SSi/c1-4-17-21(18-5-2,19-6-3)13-7-12-20-14-16-10-8-15-9-11-16/h15H,4-14H2,1-3H3. The van der Waals surface area contributed by atoms with E-state index in [2.05, 4.69) is 10.2 Å². The van der Waals surface area contributed by atoms with Crippen LogP contribution in [0.4, 0.5) is 0 Å². The summed E-state index contributed by atoms with van der Waals surface area (Å²) in [4.78, 5) is 2.51. The molecule has 1 saturated heterocycles. The van der Waals surface area contributed by atoms with Crippen LogP contribution >= 0.6 is 11.8 Å². The van der Waals surface area contributed by atoms with E-state index >= 15 is 0 Å². The first-order valence-electron chi connectivity index (χ1n) is 8.19.